The van der Waals surface area contributed by atoms with Crippen LogP contribution < -0.4 is 15.4 Å². The van der Waals surface area contributed by atoms with Crippen molar-refractivity contribution in [1.82, 2.24) is 15.5 Å². The van der Waals surface area contributed by atoms with Gasteiger partial charge in [-0.15, -0.1) is 0 Å². The first-order valence-electron chi connectivity index (χ1n) is 13.2. The Kier molecular flexibility index (Phi) is 9.10. The monoisotopic (exact) mass is 427 g/mol. The molecule has 2 N–H and O–H groups in total. The first-order chi connectivity index (χ1) is 15.3. The SMILES string of the molecule is CCCC(NCCCOc1ccc2c(c1)CCC(CN1CCCC1)C2)C1CCNCC1. The van der Waals surface area contributed by atoms with Crippen LogP contribution in [0.1, 0.15) is 69.4 Å². The number of benzene rings is 1. The molecule has 0 aromatic heterocycles. The van der Waals surface area contributed by atoms with E-state index in [1.807, 2.05) is 0 Å². The fourth-order valence-electron chi connectivity index (χ4n) is 5.99. The fraction of sp³-hybridized carbons (Fsp3) is 0.778. The lowest BCUT2D eigenvalue weighted by Gasteiger charge is -2.31. The summed E-state index contributed by atoms with van der Waals surface area (Å²) in [4.78, 5) is 2.68. The van der Waals surface area contributed by atoms with Crippen molar-refractivity contribution in [2.24, 2.45) is 11.8 Å². The molecular formula is C27H45N3O. The molecule has 0 amide bonds. The lowest BCUT2D eigenvalue weighted by Crippen LogP contribution is -2.42. The minimum Gasteiger partial charge on any atom is -0.494 e. The van der Waals surface area contributed by atoms with Gasteiger partial charge in [-0.25, -0.2) is 0 Å². The minimum absolute atomic E-state index is 0.685. The molecule has 4 rings (SSSR count). The summed E-state index contributed by atoms with van der Waals surface area (Å²) >= 11 is 0. The van der Waals surface area contributed by atoms with Gasteiger partial charge in [0.1, 0.15) is 5.75 Å². The van der Waals surface area contributed by atoms with E-state index < -0.39 is 0 Å². The Balaban J connectivity index is 1.16. The van der Waals surface area contributed by atoms with Gasteiger partial charge in [-0.05, 0) is 126 Å². The normalized spacial score (nSPS) is 23.6. The average Bonchev–Trinajstić information content (AvgIpc) is 3.32. The van der Waals surface area contributed by atoms with Gasteiger partial charge in [0.2, 0.25) is 0 Å². The van der Waals surface area contributed by atoms with E-state index in [2.05, 4.69) is 40.7 Å². The first-order valence-corrected chi connectivity index (χ1v) is 13.2. The summed E-state index contributed by atoms with van der Waals surface area (Å²) in [6.45, 7) is 10.5. The number of likely N-dealkylation sites (tertiary alicyclic amines) is 1. The minimum atomic E-state index is 0.685. The summed E-state index contributed by atoms with van der Waals surface area (Å²) in [6, 6.07) is 7.56. The zero-order valence-electron chi connectivity index (χ0n) is 19.8. The summed E-state index contributed by atoms with van der Waals surface area (Å²) < 4.78 is 6.14. The quantitative estimate of drug-likeness (QED) is 0.513. The Labute approximate surface area is 190 Å². The molecule has 0 spiro atoms. The second-order valence-electron chi connectivity index (χ2n) is 10.2. The highest BCUT2D eigenvalue weighted by atomic mass is 16.5. The van der Waals surface area contributed by atoms with Crippen LogP contribution in [0.25, 0.3) is 0 Å². The van der Waals surface area contributed by atoms with Gasteiger partial charge in [0.25, 0.3) is 0 Å². The maximum Gasteiger partial charge on any atom is 0.119 e. The predicted octanol–water partition coefficient (Wildman–Crippen LogP) is 4.41. The van der Waals surface area contributed by atoms with Crippen molar-refractivity contribution in [3.63, 3.8) is 0 Å². The second kappa shape index (κ2) is 12.2. The number of ether oxygens (including phenoxy) is 1. The second-order valence-corrected chi connectivity index (χ2v) is 10.2. The van der Waals surface area contributed by atoms with Gasteiger partial charge in [-0.3, -0.25) is 0 Å². The highest BCUT2D eigenvalue weighted by Crippen LogP contribution is 2.30. The number of aryl methyl sites for hydroxylation is 1. The van der Waals surface area contributed by atoms with Crippen LogP contribution in [0.15, 0.2) is 18.2 Å². The van der Waals surface area contributed by atoms with Crippen LogP contribution in [0.5, 0.6) is 5.75 Å². The summed E-state index contributed by atoms with van der Waals surface area (Å²) in [5.41, 5.74) is 3.09. The van der Waals surface area contributed by atoms with Gasteiger partial charge in [0.05, 0.1) is 6.61 Å². The van der Waals surface area contributed by atoms with E-state index in [1.54, 1.807) is 5.56 Å². The summed E-state index contributed by atoms with van der Waals surface area (Å²) in [7, 11) is 0. The van der Waals surface area contributed by atoms with E-state index in [-0.39, 0.29) is 0 Å². The molecule has 31 heavy (non-hydrogen) atoms. The van der Waals surface area contributed by atoms with Crippen LogP contribution in [0, 0.1) is 11.8 Å². The third-order valence-electron chi connectivity index (χ3n) is 7.77. The van der Waals surface area contributed by atoms with Gasteiger partial charge < -0.3 is 20.3 Å². The molecule has 1 aromatic rings. The molecule has 0 bridgehead atoms. The third-order valence-corrected chi connectivity index (χ3v) is 7.77. The molecule has 2 aliphatic heterocycles. The van der Waals surface area contributed by atoms with Crippen molar-refractivity contribution in [3.05, 3.63) is 29.3 Å². The van der Waals surface area contributed by atoms with Crippen molar-refractivity contribution in [1.29, 1.82) is 0 Å². The third kappa shape index (κ3) is 6.94. The van der Waals surface area contributed by atoms with Crippen molar-refractivity contribution >= 4 is 0 Å². The molecule has 1 aliphatic carbocycles. The summed E-state index contributed by atoms with van der Waals surface area (Å²) in [5.74, 6) is 2.76. The first kappa shape index (κ1) is 23.1. The highest BCUT2D eigenvalue weighted by Gasteiger charge is 2.23. The van der Waals surface area contributed by atoms with E-state index in [1.165, 1.54) is 96.1 Å². The molecule has 2 unspecified atom stereocenters. The Hall–Kier alpha value is -1.10. The molecule has 4 nitrogen and oxygen atoms in total. The van der Waals surface area contributed by atoms with Gasteiger partial charge in [-0.2, -0.15) is 0 Å². The summed E-state index contributed by atoms with van der Waals surface area (Å²) in [5, 5.41) is 7.35. The topological polar surface area (TPSA) is 36.5 Å². The smallest absolute Gasteiger partial charge is 0.119 e. The fourth-order valence-corrected chi connectivity index (χ4v) is 5.99. The van der Waals surface area contributed by atoms with Crippen molar-refractivity contribution < 1.29 is 4.74 Å². The molecule has 2 heterocycles. The van der Waals surface area contributed by atoms with Crippen molar-refractivity contribution in [2.45, 2.75) is 77.2 Å². The standard InChI is InChI=1S/C27H45N3O/c1-2-6-27(23-11-14-28-15-12-23)29-13-5-18-31-26-10-9-24-19-22(7-8-25(24)20-26)21-30-16-3-4-17-30/h9-10,20,22-23,27-29H,2-8,11-19,21H2,1H3. The number of fused-ring (bicyclic) bond motifs is 1. The number of piperidine rings is 1. The van der Waals surface area contributed by atoms with Gasteiger partial charge >= 0.3 is 0 Å². The van der Waals surface area contributed by atoms with E-state index in [0.29, 0.717) is 6.04 Å². The molecular weight excluding hydrogens is 382 g/mol. The van der Waals surface area contributed by atoms with E-state index in [4.69, 9.17) is 4.74 Å². The Morgan fingerprint density at radius 1 is 1.13 bits per heavy atom. The predicted molar refractivity (Wildman–Crippen MR) is 130 cm³/mol. The Morgan fingerprint density at radius 2 is 1.97 bits per heavy atom. The van der Waals surface area contributed by atoms with Crippen molar-refractivity contribution in [3.8, 4) is 5.75 Å². The maximum absolute atomic E-state index is 6.14. The van der Waals surface area contributed by atoms with E-state index in [9.17, 15) is 0 Å². The van der Waals surface area contributed by atoms with E-state index >= 15 is 0 Å². The molecule has 4 heteroatoms. The van der Waals surface area contributed by atoms with Crippen LogP contribution >= 0.6 is 0 Å². The van der Waals surface area contributed by atoms with Crippen LogP contribution in [0.3, 0.4) is 0 Å². The van der Waals surface area contributed by atoms with E-state index in [0.717, 1.165) is 37.2 Å². The summed E-state index contributed by atoms with van der Waals surface area (Å²) in [6.07, 6.45) is 12.9. The number of hydrogen-bond acceptors (Lipinski definition) is 4. The maximum atomic E-state index is 6.14. The number of rotatable bonds is 11. The van der Waals surface area contributed by atoms with Gasteiger partial charge in [0.15, 0.2) is 0 Å². The number of nitrogens with zero attached hydrogens (tertiary/aromatic N) is 1. The molecule has 174 valence electrons. The Morgan fingerprint density at radius 3 is 2.77 bits per heavy atom. The van der Waals surface area contributed by atoms with Crippen molar-refractivity contribution in [2.75, 3.05) is 45.9 Å². The number of hydrogen-bond donors (Lipinski definition) is 2. The molecule has 1 aromatic carbocycles. The molecule has 0 radical (unpaired) electrons. The lowest BCUT2D eigenvalue weighted by molar-refractivity contribution is 0.254. The molecule has 2 saturated heterocycles. The molecule has 2 fully saturated rings. The molecule has 3 aliphatic rings. The van der Waals surface area contributed by atoms with Gasteiger partial charge in [0, 0.05) is 12.6 Å². The lowest BCUT2D eigenvalue weighted by atomic mass is 9.83. The average molecular weight is 428 g/mol. The molecule has 0 saturated carbocycles. The zero-order valence-corrected chi connectivity index (χ0v) is 19.8. The van der Waals surface area contributed by atoms with Crippen LogP contribution in [-0.2, 0) is 12.8 Å². The number of nitrogens with one attached hydrogen (secondary N) is 2. The zero-order chi connectivity index (χ0) is 21.3. The van der Waals surface area contributed by atoms with Crippen LogP contribution in [0.2, 0.25) is 0 Å². The van der Waals surface area contributed by atoms with Crippen LogP contribution in [0.4, 0.5) is 0 Å². The molecule has 2 atom stereocenters. The van der Waals surface area contributed by atoms with Gasteiger partial charge in [-0.1, -0.05) is 19.4 Å². The Bertz CT molecular complexity index is 652. The van der Waals surface area contributed by atoms with Crippen LogP contribution in [-0.4, -0.2) is 56.8 Å². The highest BCUT2D eigenvalue weighted by molar-refractivity contribution is 5.37. The largest absolute Gasteiger partial charge is 0.494 e.